The van der Waals surface area contributed by atoms with E-state index >= 15 is 0 Å². The first kappa shape index (κ1) is 10.0. The molecule has 0 aliphatic carbocycles. The molecule has 0 unspecified atom stereocenters. The summed E-state index contributed by atoms with van der Waals surface area (Å²) in [7, 11) is 0. The molecular weight excluding hydrogens is 169 g/mol. The predicted octanol–water partition coefficient (Wildman–Crippen LogP) is 1.84. The van der Waals surface area contributed by atoms with Crippen LogP contribution in [0, 0.1) is 12.7 Å². The van der Waals surface area contributed by atoms with Gasteiger partial charge in [-0.15, -0.1) is 12.4 Å². The molecule has 0 aliphatic heterocycles. The highest BCUT2D eigenvalue weighted by Crippen LogP contribution is 2.21. The van der Waals surface area contributed by atoms with E-state index in [1.165, 1.54) is 6.07 Å². The fraction of sp³-hybridized carbons (Fsp3) is 0.143. The summed E-state index contributed by atoms with van der Waals surface area (Å²) in [6.07, 6.45) is 0. The summed E-state index contributed by atoms with van der Waals surface area (Å²) in [5.74, 6) is -1.03. The smallest absolute Gasteiger partial charge is 0.166 e. The molecule has 1 aromatic carbocycles. The molecule has 0 aromatic heterocycles. The van der Waals surface area contributed by atoms with Gasteiger partial charge in [0.2, 0.25) is 0 Å². The molecule has 2 nitrogen and oxygen atoms in total. The molecule has 0 atom stereocenters. The Morgan fingerprint density at radius 2 is 2.00 bits per heavy atom. The Balaban J connectivity index is 0.000001000. The lowest BCUT2D eigenvalue weighted by Gasteiger charge is -2.00. The number of halogens is 2. The lowest BCUT2D eigenvalue weighted by molar-refractivity contribution is 0.432. The number of anilines is 1. The molecule has 11 heavy (non-hydrogen) atoms. The molecular formula is C7H9ClFNO. The second-order valence-electron chi connectivity index (χ2n) is 2.16. The van der Waals surface area contributed by atoms with Crippen molar-refractivity contribution in [3.05, 3.63) is 23.5 Å². The number of aromatic hydroxyl groups is 1. The lowest BCUT2D eigenvalue weighted by atomic mass is 10.2. The molecule has 0 bridgehead atoms. The minimum Gasteiger partial charge on any atom is -0.505 e. The molecule has 1 rings (SSSR count). The first-order chi connectivity index (χ1) is 4.61. The van der Waals surface area contributed by atoms with Gasteiger partial charge in [-0.1, -0.05) is 0 Å². The van der Waals surface area contributed by atoms with E-state index in [9.17, 15) is 4.39 Å². The Morgan fingerprint density at radius 3 is 2.45 bits per heavy atom. The van der Waals surface area contributed by atoms with Gasteiger partial charge in [0.25, 0.3) is 0 Å². The molecule has 0 spiro atoms. The zero-order valence-corrected chi connectivity index (χ0v) is 6.78. The largest absolute Gasteiger partial charge is 0.505 e. The van der Waals surface area contributed by atoms with Crippen molar-refractivity contribution in [2.45, 2.75) is 6.92 Å². The molecule has 0 heterocycles. The van der Waals surface area contributed by atoms with Crippen LogP contribution >= 0.6 is 12.4 Å². The van der Waals surface area contributed by atoms with Gasteiger partial charge >= 0.3 is 0 Å². The fourth-order valence-electron chi connectivity index (χ4n) is 0.682. The quantitative estimate of drug-likeness (QED) is 0.469. The molecule has 3 N–H and O–H groups in total. The van der Waals surface area contributed by atoms with Crippen molar-refractivity contribution in [3.8, 4) is 5.75 Å². The van der Waals surface area contributed by atoms with E-state index in [4.69, 9.17) is 10.8 Å². The maximum Gasteiger partial charge on any atom is 0.166 e. The van der Waals surface area contributed by atoms with E-state index in [-0.39, 0.29) is 18.2 Å². The normalized spacial score (nSPS) is 8.91. The van der Waals surface area contributed by atoms with Crippen molar-refractivity contribution >= 4 is 18.1 Å². The third kappa shape index (κ3) is 1.98. The fourth-order valence-corrected chi connectivity index (χ4v) is 0.682. The molecule has 0 fully saturated rings. The number of nitrogen functional groups attached to an aromatic ring is 1. The van der Waals surface area contributed by atoms with E-state index in [0.717, 1.165) is 6.07 Å². The van der Waals surface area contributed by atoms with E-state index in [1.807, 2.05) is 0 Å². The highest BCUT2D eigenvalue weighted by molar-refractivity contribution is 5.85. The number of rotatable bonds is 0. The molecule has 0 saturated heterocycles. The standard InChI is InChI=1S/C7H8FNO.ClH/c1-4-2-7(10)5(8)3-6(4)9;/h2-3,10H,9H2,1H3;1H. The van der Waals surface area contributed by atoms with Crippen molar-refractivity contribution in [1.29, 1.82) is 0 Å². The van der Waals surface area contributed by atoms with Crippen LogP contribution in [0.3, 0.4) is 0 Å². The number of hydrogen-bond donors (Lipinski definition) is 2. The van der Waals surface area contributed by atoms with Crippen LogP contribution in [0.1, 0.15) is 5.56 Å². The SMILES string of the molecule is Cc1cc(O)c(F)cc1N.Cl. The third-order valence-electron chi connectivity index (χ3n) is 1.34. The summed E-state index contributed by atoms with van der Waals surface area (Å²) in [6, 6.07) is 2.40. The van der Waals surface area contributed by atoms with Crippen LogP contribution in [-0.2, 0) is 0 Å². The first-order valence-corrected chi connectivity index (χ1v) is 2.86. The summed E-state index contributed by atoms with van der Waals surface area (Å²) in [4.78, 5) is 0. The van der Waals surface area contributed by atoms with E-state index in [1.54, 1.807) is 6.92 Å². The van der Waals surface area contributed by atoms with Gasteiger partial charge in [-0.3, -0.25) is 0 Å². The number of phenolic OH excluding ortho intramolecular Hbond substituents is 1. The second kappa shape index (κ2) is 3.44. The Morgan fingerprint density at radius 1 is 1.45 bits per heavy atom. The van der Waals surface area contributed by atoms with Gasteiger partial charge in [-0.25, -0.2) is 4.39 Å². The van der Waals surface area contributed by atoms with Crippen molar-refractivity contribution in [2.24, 2.45) is 0 Å². The molecule has 0 saturated carbocycles. The summed E-state index contributed by atoms with van der Waals surface area (Å²) in [5, 5.41) is 8.79. The second-order valence-corrected chi connectivity index (χ2v) is 2.16. The zero-order valence-electron chi connectivity index (χ0n) is 5.97. The first-order valence-electron chi connectivity index (χ1n) is 2.86. The van der Waals surface area contributed by atoms with E-state index in [2.05, 4.69) is 0 Å². The van der Waals surface area contributed by atoms with Crippen LogP contribution in [-0.4, -0.2) is 5.11 Å². The molecule has 62 valence electrons. The summed E-state index contributed by atoms with van der Waals surface area (Å²) in [5.41, 5.74) is 6.37. The van der Waals surface area contributed by atoms with Crippen LogP contribution in [0.15, 0.2) is 12.1 Å². The highest BCUT2D eigenvalue weighted by Gasteiger charge is 2.01. The zero-order chi connectivity index (χ0) is 7.72. The average Bonchev–Trinajstić information content (AvgIpc) is 1.84. The van der Waals surface area contributed by atoms with Gasteiger partial charge in [0.1, 0.15) is 0 Å². The average molecular weight is 178 g/mol. The summed E-state index contributed by atoms with van der Waals surface area (Å²) >= 11 is 0. The molecule has 0 aliphatic rings. The minimum atomic E-state index is -0.678. The Kier molecular flexibility index (Phi) is 3.14. The van der Waals surface area contributed by atoms with Gasteiger partial charge in [0.05, 0.1) is 0 Å². The summed E-state index contributed by atoms with van der Waals surface area (Å²) < 4.78 is 12.4. The minimum absolute atomic E-state index is 0. The Bertz CT molecular complexity index is 215. The Hall–Kier alpha value is -0.960. The van der Waals surface area contributed by atoms with Crippen LogP contribution in [0.25, 0.3) is 0 Å². The number of aryl methyl sites for hydroxylation is 1. The topological polar surface area (TPSA) is 46.2 Å². The van der Waals surface area contributed by atoms with Crippen LogP contribution in [0.2, 0.25) is 0 Å². The van der Waals surface area contributed by atoms with Crippen molar-refractivity contribution in [2.75, 3.05) is 5.73 Å². The van der Waals surface area contributed by atoms with E-state index in [0.29, 0.717) is 11.3 Å². The van der Waals surface area contributed by atoms with Gasteiger partial charge in [-0.05, 0) is 18.6 Å². The Labute approximate surface area is 70.2 Å². The predicted molar refractivity (Wildman–Crippen MR) is 44.5 cm³/mol. The van der Waals surface area contributed by atoms with Gasteiger partial charge in [0, 0.05) is 11.8 Å². The van der Waals surface area contributed by atoms with Gasteiger partial charge in [0.15, 0.2) is 11.6 Å². The van der Waals surface area contributed by atoms with Crippen molar-refractivity contribution in [3.63, 3.8) is 0 Å². The molecule has 4 heteroatoms. The monoisotopic (exact) mass is 177 g/mol. The molecule has 0 radical (unpaired) electrons. The van der Waals surface area contributed by atoms with Gasteiger partial charge in [-0.2, -0.15) is 0 Å². The van der Waals surface area contributed by atoms with Crippen LogP contribution in [0.5, 0.6) is 5.75 Å². The molecule has 1 aromatic rings. The highest BCUT2D eigenvalue weighted by atomic mass is 35.5. The number of phenols is 1. The number of benzene rings is 1. The van der Waals surface area contributed by atoms with Crippen molar-refractivity contribution in [1.82, 2.24) is 0 Å². The third-order valence-corrected chi connectivity index (χ3v) is 1.34. The maximum absolute atomic E-state index is 12.4. The summed E-state index contributed by atoms with van der Waals surface area (Å²) in [6.45, 7) is 1.70. The van der Waals surface area contributed by atoms with E-state index < -0.39 is 5.82 Å². The molecule has 0 amide bonds. The number of hydrogen-bond acceptors (Lipinski definition) is 2. The van der Waals surface area contributed by atoms with Crippen molar-refractivity contribution < 1.29 is 9.50 Å². The van der Waals surface area contributed by atoms with Crippen LogP contribution < -0.4 is 5.73 Å². The van der Waals surface area contributed by atoms with Crippen LogP contribution in [0.4, 0.5) is 10.1 Å². The van der Waals surface area contributed by atoms with Gasteiger partial charge < -0.3 is 10.8 Å². The number of nitrogens with two attached hydrogens (primary N) is 1. The lowest BCUT2D eigenvalue weighted by Crippen LogP contribution is -1.90. The maximum atomic E-state index is 12.4.